The molecule has 0 spiro atoms. The van der Waals surface area contributed by atoms with Crippen molar-refractivity contribution in [2.24, 2.45) is 0 Å². The van der Waals surface area contributed by atoms with Gasteiger partial charge in [0.1, 0.15) is 0 Å². The van der Waals surface area contributed by atoms with Gasteiger partial charge in [-0.3, -0.25) is 14.0 Å². The third kappa shape index (κ3) is 2.56. The second kappa shape index (κ2) is 5.76. The van der Waals surface area contributed by atoms with E-state index in [0.717, 1.165) is 11.4 Å². The molecule has 24 heavy (non-hydrogen) atoms. The van der Waals surface area contributed by atoms with E-state index < -0.39 is 0 Å². The summed E-state index contributed by atoms with van der Waals surface area (Å²) in [5.41, 5.74) is 2.37. The molecule has 3 aromatic rings. The minimum Gasteiger partial charge on any atom is -0.361 e. The number of carbonyl (C=O) groups excluding carboxylic acids is 1. The molecule has 0 saturated heterocycles. The zero-order valence-corrected chi connectivity index (χ0v) is 13.9. The van der Waals surface area contributed by atoms with E-state index in [0.29, 0.717) is 23.6 Å². The highest BCUT2D eigenvalue weighted by molar-refractivity contribution is 7.15. The van der Waals surface area contributed by atoms with Crippen LogP contribution >= 0.6 is 11.3 Å². The Labute approximate surface area is 142 Å². The largest absolute Gasteiger partial charge is 0.361 e. The molecule has 3 heterocycles. The number of amides is 1. The van der Waals surface area contributed by atoms with Gasteiger partial charge in [0.15, 0.2) is 4.96 Å². The number of nitrogens with one attached hydrogen (secondary N) is 1. The topological polar surface area (TPSA) is 66.7 Å². The number of aromatic nitrogens is 2. The van der Waals surface area contributed by atoms with Crippen molar-refractivity contribution >= 4 is 33.6 Å². The van der Waals surface area contributed by atoms with Crippen LogP contribution in [-0.4, -0.2) is 21.3 Å². The normalized spacial score (nSPS) is 17.5. The molecule has 0 radical (unpaired) electrons. The zero-order valence-electron chi connectivity index (χ0n) is 13.1. The zero-order chi connectivity index (χ0) is 16.7. The number of fused-ring (bicyclic) bond motifs is 2. The lowest BCUT2D eigenvalue weighted by Gasteiger charge is -2.29. The molecule has 4 rings (SSSR count). The predicted octanol–water partition coefficient (Wildman–Crippen LogP) is 2.49. The van der Waals surface area contributed by atoms with E-state index in [9.17, 15) is 9.59 Å². The summed E-state index contributed by atoms with van der Waals surface area (Å²) in [6.45, 7) is 2.50. The number of carbonyl (C=O) groups is 1. The molecule has 0 fully saturated rings. The van der Waals surface area contributed by atoms with Crippen molar-refractivity contribution in [2.75, 3.05) is 10.2 Å². The van der Waals surface area contributed by atoms with Crippen LogP contribution in [0.1, 0.15) is 19.0 Å². The van der Waals surface area contributed by atoms with Crippen LogP contribution in [0.15, 0.2) is 46.7 Å². The maximum absolute atomic E-state index is 12.2. The van der Waals surface area contributed by atoms with E-state index in [1.165, 1.54) is 11.3 Å². The molecule has 0 aliphatic carbocycles. The highest BCUT2D eigenvalue weighted by Crippen LogP contribution is 2.32. The first-order valence-electron chi connectivity index (χ1n) is 7.73. The van der Waals surface area contributed by atoms with Crippen molar-refractivity contribution in [3.05, 3.63) is 58.0 Å². The number of hydrogen-bond acceptors (Lipinski definition) is 5. The van der Waals surface area contributed by atoms with Crippen molar-refractivity contribution in [3.63, 3.8) is 0 Å². The van der Waals surface area contributed by atoms with Crippen molar-refractivity contribution in [2.45, 2.75) is 25.9 Å². The Balaban J connectivity index is 1.76. The number of benzene rings is 1. The molecule has 1 N–H and O–H groups in total. The highest BCUT2D eigenvalue weighted by atomic mass is 32.1. The number of hydrogen-bond donors (Lipinski definition) is 1. The van der Waals surface area contributed by atoms with E-state index >= 15 is 0 Å². The molecule has 6 nitrogen and oxygen atoms in total. The fourth-order valence-electron chi connectivity index (χ4n) is 3.03. The Morgan fingerprint density at radius 1 is 1.33 bits per heavy atom. The summed E-state index contributed by atoms with van der Waals surface area (Å²) in [5, 5.41) is 4.79. The molecule has 1 aromatic carbocycles. The van der Waals surface area contributed by atoms with Crippen LogP contribution in [0.2, 0.25) is 0 Å². The number of thiazole rings is 1. The summed E-state index contributed by atoms with van der Waals surface area (Å²) in [7, 11) is 0. The lowest BCUT2D eigenvalue weighted by atomic mass is 10.1. The number of rotatable bonds is 2. The van der Waals surface area contributed by atoms with Crippen molar-refractivity contribution in [1.29, 1.82) is 0 Å². The Morgan fingerprint density at radius 3 is 3.04 bits per heavy atom. The Morgan fingerprint density at radius 2 is 2.17 bits per heavy atom. The number of nitrogens with zero attached hydrogens (tertiary/aromatic N) is 3. The molecule has 7 heteroatoms. The first-order chi connectivity index (χ1) is 11.6. The molecule has 1 aliphatic rings. The monoisotopic (exact) mass is 340 g/mol. The van der Waals surface area contributed by atoms with Gasteiger partial charge in [0, 0.05) is 30.1 Å². The van der Waals surface area contributed by atoms with Crippen LogP contribution in [0.25, 0.3) is 4.96 Å². The first-order valence-corrected chi connectivity index (χ1v) is 8.61. The van der Waals surface area contributed by atoms with E-state index in [-0.39, 0.29) is 17.5 Å². The summed E-state index contributed by atoms with van der Waals surface area (Å²) in [4.78, 5) is 31.6. The number of para-hydroxylation sites is 2. The molecule has 1 amide bonds. The van der Waals surface area contributed by atoms with Crippen LogP contribution in [0, 0.1) is 0 Å². The second-order valence-corrected chi connectivity index (χ2v) is 6.76. The molecule has 122 valence electrons. The van der Waals surface area contributed by atoms with Crippen LogP contribution < -0.4 is 15.8 Å². The number of anilines is 2. The average molecular weight is 340 g/mol. The quantitative estimate of drug-likeness (QED) is 0.778. The van der Waals surface area contributed by atoms with Gasteiger partial charge in [-0.25, -0.2) is 4.98 Å². The van der Waals surface area contributed by atoms with Crippen LogP contribution in [0.5, 0.6) is 0 Å². The molecule has 0 unspecified atom stereocenters. The third-order valence-corrected chi connectivity index (χ3v) is 4.95. The standard InChI is InChI=1S/C17H16N4O2S/c1-11-8-15(22)19-13-4-2-3-5-14(13)21(11)10-12-9-16(23)20-6-7-24-17(20)18-12/h2-7,9,11H,8,10H2,1H3,(H,19,22)/t11-/m1/s1. The molecular weight excluding hydrogens is 324 g/mol. The van der Waals surface area contributed by atoms with E-state index in [1.807, 2.05) is 36.6 Å². The Hall–Kier alpha value is -2.67. The summed E-state index contributed by atoms with van der Waals surface area (Å²) in [6.07, 6.45) is 2.13. The molecule has 0 bridgehead atoms. The van der Waals surface area contributed by atoms with Crippen molar-refractivity contribution in [3.8, 4) is 0 Å². The van der Waals surface area contributed by atoms with Gasteiger partial charge in [0.25, 0.3) is 5.56 Å². The minimum atomic E-state index is -0.0822. The lowest BCUT2D eigenvalue weighted by molar-refractivity contribution is -0.116. The summed E-state index contributed by atoms with van der Waals surface area (Å²) < 4.78 is 1.54. The van der Waals surface area contributed by atoms with Crippen LogP contribution in [-0.2, 0) is 11.3 Å². The molecule has 2 aromatic heterocycles. The van der Waals surface area contributed by atoms with Gasteiger partial charge in [-0.1, -0.05) is 12.1 Å². The summed E-state index contributed by atoms with van der Waals surface area (Å²) in [6, 6.07) is 9.29. The first kappa shape index (κ1) is 14.9. The van der Waals surface area contributed by atoms with Gasteiger partial charge in [-0.05, 0) is 19.1 Å². The maximum Gasteiger partial charge on any atom is 0.258 e. The maximum atomic E-state index is 12.2. The predicted molar refractivity (Wildman–Crippen MR) is 94.7 cm³/mol. The average Bonchev–Trinajstić information content (AvgIpc) is 2.98. The second-order valence-electron chi connectivity index (χ2n) is 5.89. The van der Waals surface area contributed by atoms with E-state index in [2.05, 4.69) is 15.2 Å². The van der Waals surface area contributed by atoms with Crippen molar-refractivity contribution in [1.82, 2.24) is 9.38 Å². The molecular formula is C17H16N4O2S. The minimum absolute atomic E-state index is 0.000752. The summed E-state index contributed by atoms with van der Waals surface area (Å²) >= 11 is 1.44. The summed E-state index contributed by atoms with van der Waals surface area (Å²) in [5.74, 6) is -0.000752. The fraction of sp³-hybridized carbons (Fsp3) is 0.235. The van der Waals surface area contributed by atoms with E-state index in [1.54, 1.807) is 16.7 Å². The smallest absolute Gasteiger partial charge is 0.258 e. The molecule has 0 saturated carbocycles. The van der Waals surface area contributed by atoms with Crippen LogP contribution in [0.4, 0.5) is 11.4 Å². The van der Waals surface area contributed by atoms with Crippen LogP contribution in [0.3, 0.4) is 0 Å². The SMILES string of the molecule is C[C@@H]1CC(=O)Nc2ccccc2N1Cc1cc(=O)n2ccsc2n1. The Bertz CT molecular complexity index is 978. The third-order valence-electron chi connectivity index (χ3n) is 4.19. The molecule has 1 aliphatic heterocycles. The van der Waals surface area contributed by atoms with Gasteiger partial charge >= 0.3 is 0 Å². The van der Waals surface area contributed by atoms with Gasteiger partial charge in [-0.15, -0.1) is 11.3 Å². The van der Waals surface area contributed by atoms with Gasteiger partial charge in [-0.2, -0.15) is 0 Å². The van der Waals surface area contributed by atoms with E-state index in [4.69, 9.17) is 0 Å². The Kier molecular flexibility index (Phi) is 3.57. The van der Waals surface area contributed by atoms with Crippen molar-refractivity contribution < 1.29 is 4.79 Å². The fourth-order valence-corrected chi connectivity index (χ4v) is 3.77. The van der Waals surface area contributed by atoms with Gasteiger partial charge < -0.3 is 10.2 Å². The van der Waals surface area contributed by atoms with Gasteiger partial charge in [0.05, 0.1) is 23.6 Å². The highest BCUT2D eigenvalue weighted by Gasteiger charge is 2.25. The van der Waals surface area contributed by atoms with Gasteiger partial charge in [0.2, 0.25) is 5.91 Å². The molecule has 1 atom stereocenters. The lowest BCUT2D eigenvalue weighted by Crippen LogP contribution is -2.33.